The molecule has 26 heavy (non-hydrogen) atoms. The van der Waals surface area contributed by atoms with Gasteiger partial charge in [0.25, 0.3) is 0 Å². The summed E-state index contributed by atoms with van der Waals surface area (Å²) in [5, 5.41) is 15.1. The number of rotatable bonds is 4. The molecule has 0 bridgehead atoms. The Balaban J connectivity index is 1.48. The van der Waals surface area contributed by atoms with Gasteiger partial charge in [0.1, 0.15) is 12.4 Å². The zero-order chi connectivity index (χ0) is 17.3. The van der Waals surface area contributed by atoms with E-state index in [1.807, 2.05) is 60.0 Å². The van der Waals surface area contributed by atoms with Gasteiger partial charge in [-0.25, -0.2) is 0 Å². The normalized spacial score (nSPS) is 11.2. The Kier molecular flexibility index (Phi) is 3.57. The summed E-state index contributed by atoms with van der Waals surface area (Å²) in [6, 6.07) is 17.7. The minimum absolute atomic E-state index is 0.281. The molecule has 0 saturated carbocycles. The SMILES string of the molecule is c1ccc(-c2ccc3nnc(COc4ccnc5ccsc45)n3n2)cc1. The van der Waals surface area contributed by atoms with Gasteiger partial charge in [-0.2, -0.15) is 9.61 Å². The molecule has 0 radical (unpaired) electrons. The van der Waals surface area contributed by atoms with Gasteiger partial charge in [0.15, 0.2) is 11.5 Å². The maximum Gasteiger partial charge on any atom is 0.192 e. The van der Waals surface area contributed by atoms with Gasteiger partial charge in [0.05, 0.1) is 15.9 Å². The van der Waals surface area contributed by atoms with E-state index in [0.29, 0.717) is 11.5 Å². The van der Waals surface area contributed by atoms with E-state index in [9.17, 15) is 0 Å². The second-order valence-electron chi connectivity index (χ2n) is 5.70. The van der Waals surface area contributed by atoms with Crippen molar-refractivity contribution in [3.8, 4) is 17.0 Å². The molecule has 5 aromatic rings. The Morgan fingerprint density at radius 3 is 2.81 bits per heavy atom. The number of fused-ring (bicyclic) bond motifs is 2. The Morgan fingerprint density at radius 1 is 0.962 bits per heavy atom. The summed E-state index contributed by atoms with van der Waals surface area (Å²) in [5.74, 6) is 1.44. The standard InChI is InChI=1S/C19H13N5OS/c1-2-4-13(5-3-1)14-6-7-17-21-22-18(24(17)23-14)12-25-16-8-10-20-15-9-11-26-19(15)16/h1-11H,12H2. The van der Waals surface area contributed by atoms with E-state index in [-0.39, 0.29) is 6.61 Å². The molecule has 0 N–H and O–H groups in total. The van der Waals surface area contributed by atoms with Gasteiger partial charge in [-0.3, -0.25) is 4.98 Å². The van der Waals surface area contributed by atoms with Crippen LogP contribution in [0.4, 0.5) is 0 Å². The van der Waals surface area contributed by atoms with Crippen LogP contribution in [-0.4, -0.2) is 24.8 Å². The molecule has 0 aliphatic heterocycles. The lowest BCUT2D eigenvalue weighted by molar-refractivity contribution is 0.296. The maximum absolute atomic E-state index is 5.98. The van der Waals surface area contributed by atoms with E-state index in [0.717, 1.165) is 27.2 Å². The second kappa shape index (κ2) is 6.20. The van der Waals surface area contributed by atoms with E-state index in [1.165, 1.54) is 0 Å². The number of aromatic nitrogens is 5. The van der Waals surface area contributed by atoms with Gasteiger partial charge in [-0.15, -0.1) is 21.5 Å². The Morgan fingerprint density at radius 2 is 1.88 bits per heavy atom. The molecule has 5 rings (SSSR count). The first-order chi connectivity index (χ1) is 12.9. The van der Waals surface area contributed by atoms with E-state index in [2.05, 4.69) is 20.3 Å². The molecular weight excluding hydrogens is 346 g/mol. The highest BCUT2D eigenvalue weighted by molar-refractivity contribution is 7.17. The van der Waals surface area contributed by atoms with E-state index in [1.54, 1.807) is 22.0 Å². The first kappa shape index (κ1) is 15.0. The summed E-state index contributed by atoms with van der Waals surface area (Å²) in [6.07, 6.45) is 1.75. The number of hydrogen-bond acceptors (Lipinski definition) is 6. The molecule has 4 heterocycles. The van der Waals surface area contributed by atoms with Crippen LogP contribution in [0.15, 0.2) is 66.2 Å². The highest BCUT2D eigenvalue weighted by Gasteiger charge is 2.11. The minimum atomic E-state index is 0.281. The number of thiophene rings is 1. The lowest BCUT2D eigenvalue weighted by Gasteiger charge is -2.06. The quantitative estimate of drug-likeness (QED) is 0.486. The molecule has 4 aromatic heterocycles. The maximum atomic E-state index is 5.98. The number of nitrogens with zero attached hydrogens (tertiary/aromatic N) is 5. The first-order valence-corrected chi connectivity index (χ1v) is 8.98. The molecule has 1 aromatic carbocycles. The van der Waals surface area contributed by atoms with Gasteiger partial charge in [0.2, 0.25) is 0 Å². The molecule has 0 fully saturated rings. The minimum Gasteiger partial charge on any atom is -0.484 e. The molecule has 0 spiro atoms. The topological polar surface area (TPSA) is 65.2 Å². The van der Waals surface area contributed by atoms with Gasteiger partial charge in [0, 0.05) is 11.8 Å². The molecule has 0 aliphatic carbocycles. The number of ether oxygens (including phenoxy) is 1. The van der Waals surface area contributed by atoms with Crippen LogP contribution in [0.3, 0.4) is 0 Å². The zero-order valence-corrected chi connectivity index (χ0v) is 14.4. The summed E-state index contributed by atoms with van der Waals surface area (Å²) in [6.45, 7) is 0.281. The average molecular weight is 359 g/mol. The number of benzene rings is 1. The van der Waals surface area contributed by atoms with Crippen molar-refractivity contribution >= 4 is 27.2 Å². The lowest BCUT2D eigenvalue weighted by Crippen LogP contribution is -2.04. The van der Waals surface area contributed by atoms with E-state index in [4.69, 9.17) is 4.74 Å². The summed E-state index contributed by atoms with van der Waals surface area (Å²) in [4.78, 5) is 4.33. The molecule has 0 atom stereocenters. The van der Waals surface area contributed by atoms with Crippen LogP contribution in [0, 0.1) is 0 Å². The van der Waals surface area contributed by atoms with Gasteiger partial charge in [-0.05, 0) is 29.6 Å². The molecule has 126 valence electrons. The van der Waals surface area contributed by atoms with Crippen molar-refractivity contribution in [3.63, 3.8) is 0 Å². The second-order valence-corrected chi connectivity index (χ2v) is 6.62. The Hall–Kier alpha value is -3.32. The summed E-state index contributed by atoms with van der Waals surface area (Å²) in [5.41, 5.74) is 3.54. The number of hydrogen-bond donors (Lipinski definition) is 0. The molecule has 0 aliphatic rings. The van der Waals surface area contributed by atoms with Gasteiger partial charge >= 0.3 is 0 Å². The molecular formula is C19H13N5OS. The van der Waals surface area contributed by atoms with Crippen molar-refractivity contribution in [1.82, 2.24) is 24.8 Å². The molecule has 0 amide bonds. The largest absolute Gasteiger partial charge is 0.484 e. The smallest absolute Gasteiger partial charge is 0.192 e. The fraction of sp³-hybridized carbons (Fsp3) is 0.0526. The fourth-order valence-electron chi connectivity index (χ4n) is 2.79. The lowest BCUT2D eigenvalue weighted by atomic mass is 10.1. The third-order valence-electron chi connectivity index (χ3n) is 4.06. The monoisotopic (exact) mass is 359 g/mol. The Bertz CT molecular complexity index is 1200. The van der Waals surface area contributed by atoms with Crippen LogP contribution in [-0.2, 0) is 6.61 Å². The van der Waals surface area contributed by atoms with Crippen molar-refractivity contribution in [2.75, 3.05) is 0 Å². The fourth-order valence-corrected chi connectivity index (χ4v) is 3.61. The van der Waals surface area contributed by atoms with Crippen LogP contribution in [0.1, 0.15) is 5.82 Å². The van der Waals surface area contributed by atoms with Crippen molar-refractivity contribution in [2.24, 2.45) is 0 Å². The molecule has 7 heteroatoms. The predicted octanol–water partition coefficient (Wildman–Crippen LogP) is 3.98. The van der Waals surface area contributed by atoms with Crippen LogP contribution in [0.2, 0.25) is 0 Å². The third-order valence-corrected chi connectivity index (χ3v) is 4.98. The average Bonchev–Trinajstić information content (AvgIpc) is 3.33. The van der Waals surface area contributed by atoms with Gasteiger partial charge in [-0.1, -0.05) is 30.3 Å². The predicted molar refractivity (Wildman–Crippen MR) is 100 cm³/mol. The van der Waals surface area contributed by atoms with E-state index >= 15 is 0 Å². The van der Waals surface area contributed by atoms with Crippen molar-refractivity contribution < 1.29 is 4.74 Å². The van der Waals surface area contributed by atoms with Crippen molar-refractivity contribution in [1.29, 1.82) is 0 Å². The van der Waals surface area contributed by atoms with Crippen LogP contribution in [0.25, 0.3) is 27.1 Å². The number of pyridine rings is 1. The molecule has 0 unspecified atom stereocenters. The Labute approximate surface area is 152 Å². The zero-order valence-electron chi connectivity index (χ0n) is 13.6. The summed E-state index contributed by atoms with van der Waals surface area (Å²) in [7, 11) is 0. The summed E-state index contributed by atoms with van der Waals surface area (Å²) < 4.78 is 8.74. The van der Waals surface area contributed by atoms with E-state index < -0.39 is 0 Å². The van der Waals surface area contributed by atoms with Crippen LogP contribution < -0.4 is 4.74 Å². The van der Waals surface area contributed by atoms with Crippen molar-refractivity contribution in [3.05, 3.63) is 72.0 Å². The highest BCUT2D eigenvalue weighted by atomic mass is 32.1. The van der Waals surface area contributed by atoms with Gasteiger partial charge < -0.3 is 4.74 Å². The van der Waals surface area contributed by atoms with Crippen LogP contribution >= 0.6 is 11.3 Å². The molecule has 6 nitrogen and oxygen atoms in total. The highest BCUT2D eigenvalue weighted by Crippen LogP contribution is 2.29. The third kappa shape index (κ3) is 2.58. The first-order valence-electron chi connectivity index (χ1n) is 8.10. The molecule has 0 saturated heterocycles. The van der Waals surface area contributed by atoms with Crippen molar-refractivity contribution in [2.45, 2.75) is 6.61 Å². The summed E-state index contributed by atoms with van der Waals surface area (Å²) >= 11 is 1.61. The van der Waals surface area contributed by atoms with Crippen LogP contribution in [0.5, 0.6) is 5.75 Å².